The van der Waals surface area contributed by atoms with Crippen molar-refractivity contribution in [2.75, 3.05) is 13.1 Å². The Labute approximate surface area is 78.1 Å². The van der Waals surface area contributed by atoms with E-state index >= 15 is 0 Å². The standard InChI is InChI=1S/C10H16FNO/c1-10(2,7-3-4-7)9(13)12-5-8(11)6-12/h7-8H,3-6H2,1-2H3. The number of carbonyl (C=O) groups excluding carboxylic acids is 1. The lowest BCUT2D eigenvalue weighted by Gasteiger charge is -2.39. The fourth-order valence-corrected chi connectivity index (χ4v) is 1.98. The summed E-state index contributed by atoms with van der Waals surface area (Å²) in [6, 6.07) is 0. The monoisotopic (exact) mass is 185 g/mol. The fourth-order valence-electron chi connectivity index (χ4n) is 1.98. The molecule has 1 aliphatic heterocycles. The number of carbonyl (C=O) groups is 1. The summed E-state index contributed by atoms with van der Waals surface area (Å²) in [5.74, 6) is 0.683. The molecule has 0 radical (unpaired) electrons. The van der Waals surface area contributed by atoms with E-state index in [0.717, 1.165) is 12.8 Å². The van der Waals surface area contributed by atoms with Crippen LogP contribution in [0.1, 0.15) is 26.7 Å². The molecule has 2 rings (SSSR count). The van der Waals surface area contributed by atoms with Gasteiger partial charge in [-0.3, -0.25) is 4.79 Å². The van der Waals surface area contributed by atoms with Gasteiger partial charge in [0.05, 0.1) is 13.1 Å². The first-order valence-corrected chi connectivity index (χ1v) is 4.95. The minimum Gasteiger partial charge on any atom is -0.336 e. The van der Waals surface area contributed by atoms with E-state index < -0.39 is 6.17 Å². The number of alkyl halides is 1. The van der Waals surface area contributed by atoms with E-state index in [4.69, 9.17) is 0 Å². The van der Waals surface area contributed by atoms with Crippen molar-refractivity contribution in [1.82, 2.24) is 4.90 Å². The zero-order valence-electron chi connectivity index (χ0n) is 8.22. The lowest BCUT2D eigenvalue weighted by atomic mass is 9.85. The highest BCUT2D eigenvalue weighted by Crippen LogP contribution is 2.46. The molecule has 0 unspecified atom stereocenters. The number of halogens is 1. The third kappa shape index (κ3) is 1.45. The lowest BCUT2D eigenvalue weighted by molar-refractivity contribution is -0.148. The number of amides is 1. The molecule has 0 atom stereocenters. The zero-order valence-corrected chi connectivity index (χ0v) is 8.22. The fraction of sp³-hybridized carbons (Fsp3) is 0.900. The SMILES string of the molecule is CC(C)(C(=O)N1CC(F)C1)C1CC1. The van der Waals surface area contributed by atoms with Crippen molar-refractivity contribution in [3.05, 3.63) is 0 Å². The molecular formula is C10H16FNO. The molecule has 3 heteroatoms. The van der Waals surface area contributed by atoms with Crippen LogP contribution in [0.3, 0.4) is 0 Å². The summed E-state index contributed by atoms with van der Waals surface area (Å²) in [7, 11) is 0. The molecule has 0 aromatic rings. The normalized spacial score (nSPS) is 24.4. The first-order chi connectivity index (χ1) is 6.01. The van der Waals surface area contributed by atoms with Gasteiger partial charge in [0.1, 0.15) is 6.17 Å². The molecule has 1 amide bonds. The van der Waals surface area contributed by atoms with Gasteiger partial charge >= 0.3 is 0 Å². The van der Waals surface area contributed by atoms with Crippen LogP contribution in [0.15, 0.2) is 0 Å². The number of hydrogen-bond acceptors (Lipinski definition) is 1. The largest absolute Gasteiger partial charge is 0.336 e. The minimum atomic E-state index is -0.779. The van der Waals surface area contributed by atoms with Crippen LogP contribution in [0.5, 0.6) is 0 Å². The molecule has 1 aliphatic carbocycles. The van der Waals surface area contributed by atoms with Gasteiger partial charge in [0.2, 0.25) is 5.91 Å². The molecular weight excluding hydrogens is 169 g/mol. The van der Waals surface area contributed by atoms with Crippen LogP contribution in [0.4, 0.5) is 4.39 Å². The Morgan fingerprint density at radius 1 is 1.38 bits per heavy atom. The predicted molar refractivity (Wildman–Crippen MR) is 48.0 cm³/mol. The van der Waals surface area contributed by atoms with E-state index in [1.54, 1.807) is 4.90 Å². The molecule has 1 saturated carbocycles. The van der Waals surface area contributed by atoms with E-state index in [0.29, 0.717) is 19.0 Å². The van der Waals surface area contributed by atoms with Crippen molar-refractivity contribution in [2.24, 2.45) is 11.3 Å². The molecule has 0 aromatic carbocycles. The van der Waals surface area contributed by atoms with Crippen molar-refractivity contribution in [3.63, 3.8) is 0 Å². The van der Waals surface area contributed by atoms with Gasteiger partial charge in [-0.2, -0.15) is 0 Å². The number of rotatable bonds is 2. The van der Waals surface area contributed by atoms with Crippen molar-refractivity contribution in [3.8, 4) is 0 Å². The van der Waals surface area contributed by atoms with Gasteiger partial charge in [-0.1, -0.05) is 13.8 Å². The first-order valence-electron chi connectivity index (χ1n) is 4.95. The van der Waals surface area contributed by atoms with Crippen LogP contribution in [-0.2, 0) is 4.79 Å². The second-order valence-electron chi connectivity index (χ2n) is 4.80. The second-order valence-corrected chi connectivity index (χ2v) is 4.80. The van der Waals surface area contributed by atoms with E-state index in [1.165, 1.54) is 0 Å². The zero-order chi connectivity index (χ0) is 9.64. The summed E-state index contributed by atoms with van der Waals surface area (Å²) in [5, 5.41) is 0. The Kier molecular flexibility index (Phi) is 1.86. The quantitative estimate of drug-likeness (QED) is 0.640. The smallest absolute Gasteiger partial charge is 0.228 e. The van der Waals surface area contributed by atoms with Crippen molar-refractivity contribution in [2.45, 2.75) is 32.9 Å². The van der Waals surface area contributed by atoms with Crippen LogP contribution < -0.4 is 0 Å². The Bertz CT molecular complexity index is 229. The number of likely N-dealkylation sites (tertiary alicyclic amines) is 1. The van der Waals surface area contributed by atoms with E-state index in [1.807, 2.05) is 13.8 Å². The molecule has 2 fully saturated rings. The van der Waals surface area contributed by atoms with Gasteiger partial charge in [-0.15, -0.1) is 0 Å². The topological polar surface area (TPSA) is 20.3 Å². The van der Waals surface area contributed by atoms with Crippen LogP contribution in [-0.4, -0.2) is 30.1 Å². The molecule has 2 aliphatic rings. The van der Waals surface area contributed by atoms with Crippen LogP contribution in [0, 0.1) is 11.3 Å². The van der Waals surface area contributed by atoms with E-state index in [-0.39, 0.29) is 11.3 Å². The Morgan fingerprint density at radius 2 is 1.92 bits per heavy atom. The maximum Gasteiger partial charge on any atom is 0.228 e. The molecule has 1 heterocycles. The maximum absolute atomic E-state index is 12.5. The first kappa shape index (κ1) is 8.97. The minimum absolute atomic E-state index is 0.143. The number of hydrogen-bond donors (Lipinski definition) is 0. The predicted octanol–water partition coefficient (Wildman–Crippen LogP) is 1.60. The van der Waals surface area contributed by atoms with Crippen molar-refractivity contribution in [1.29, 1.82) is 0 Å². The molecule has 13 heavy (non-hydrogen) atoms. The van der Waals surface area contributed by atoms with Crippen molar-refractivity contribution < 1.29 is 9.18 Å². The highest BCUT2D eigenvalue weighted by molar-refractivity contribution is 5.83. The van der Waals surface area contributed by atoms with Gasteiger partial charge in [0, 0.05) is 5.41 Å². The van der Waals surface area contributed by atoms with Crippen molar-refractivity contribution >= 4 is 5.91 Å². The third-order valence-corrected chi connectivity index (χ3v) is 3.27. The Hall–Kier alpha value is -0.600. The second kappa shape index (κ2) is 2.69. The van der Waals surface area contributed by atoms with Crippen LogP contribution in [0.2, 0.25) is 0 Å². The van der Waals surface area contributed by atoms with Crippen LogP contribution >= 0.6 is 0 Å². The van der Waals surface area contributed by atoms with Crippen LogP contribution in [0.25, 0.3) is 0 Å². The van der Waals surface area contributed by atoms with Gasteiger partial charge in [0.15, 0.2) is 0 Å². The molecule has 74 valence electrons. The molecule has 0 N–H and O–H groups in total. The molecule has 2 nitrogen and oxygen atoms in total. The highest BCUT2D eigenvalue weighted by atomic mass is 19.1. The van der Waals surface area contributed by atoms with Gasteiger partial charge in [-0.05, 0) is 18.8 Å². The summed E-state index contributed by atoms with van der Waals surface area (Å²) < 4.78 is 12.5. The summed E-state index contributed by atoms with van der Waals surface area (Å²) in [6.45, 7) is 4.60. The van der Waals surface area contributed by atoms with Gasteiger partial charge in [0.25, 0.3) is 0 Å². The average molecular weight is 185 g/mol. The summed E-state index contributed by atoms with van der Waals surface area (Å²) in [4.78, 5) is 13.5. The van der Waals surface area contributed by atoms with E-state index in [9.17, 15) is 9.18 Å². The highest BCUT2D eigenvalue weighted by Gasteiger charge is 2.47. The number of nitrogens with zero attached hydrogens (tertiary/aromatic N) is 1. The average Bonchev–Trinajstić information content (AvgIpc) is 2.79. The third-order valence-electron chi connectivity index (χ3n) is 3.27. The van der Waals surface area contributed by atoms with Gasteiger partial charge in [-0.25, -0.2) is 4.39 Å². The maximum atomic E-state index is 12.5. The van der Waals surface area contributed by atoms with Gasteiger partial charge < -0.3 is 4.90 Å². The summed E-state index contributed by atoms with van der Waals surface area (Å²) in [6.07, 6.45) is 1.54. The Balaban J connectivity index is 1.95. The van der Waals surface area contributed by atoms with E-state index in [2.05, 4.69) is 0 Å². The molecule has 0 spiro atoms. The lowest BCUT2D eigenvalue weighted by Crippen LogP contribution is -2.55. The Morgan fingerprint density at radius 3 is 2.31 bits per heavy atom. The molecule has 0 bridgehead atoms. The molecule has 0 aromatic heterocycles. The summed E-state index contributed by atoms with van der Waals surface area (Å²) >= 11 is 0. The molecule has 1 saturated heterocycles. The summed E-state index contributed by atoms with van der Waals surface area (Å²) in [5.41, 5.74) is -0.250.